The smallest absolute Gasteiger partial charge is 0.0249 e. The van der Waals surface area contributed by atoms with Crippen molar-refractivity contribution in [3.63, 3.8) is 0 Å². The Labute approximate surface area is 63.3 Å². The summed E-state index contributed by atoms with van der Waals surface area (Å²) in [6.07, 6.45) is 6.02. The van der Waals surface area contributed by atoms with E-state index in [4.69, 9.17) is 5.73 Å². The van der Waals surface area contributed by atoms with Gasteiger partial charge in [-0.1, -0.05) is 32.3 Å². The van der Waals surface area contributed by atoms with Crippen molar-refractivity contribution < 1.29 is 0 Å². The molecule has 0 radical (unpaired) electrons. The van der Waals surface area contributed by atoms with Crippen LogP contribution in [0.2, 0.25) is 0 Å². The SMILES string of the molecule is C=CC(N)C(C)C1CCC1. The van der Waals surface area contributed by atoms with Crippen molar-refractivity contribution in [1.82, 2.24) is 0 Å². The molecule has 1 heteroatoms. The van der Waals surface area contributed by atoms with E-state index in [1.165, 1.54) is 19.3 Å². The first kappa shape index (κ1) is 7.80. The molecule has 2 N–H and O–H groups in total. The van der Waals surface area contributed by atoms with Gasteiger partial charge in [-0.3, -0.25) is 0 Å². The van der Waals surface area contributed by atoms with E-state index in [9.17, 15) is 0 Å². The van der Waals surface area contributed by atoms with Crippen LogP contribution in [0.1, 0.15) is 26.2 Å². The molecule has 1 aliphatic rings. The molecule has 0 saturated heterocycles. The Morgan fingerprint density at radius 3 is 2.50 bits per heavy atom. The van der Waals surface area contributed by atoms with E-state index in [2.05, 4.69) is 13.5 Å². The lowest BCUT2D eigenvalue weighted by molar-refractivity contribution is 0.207. The molecule has 1 nitrogen and oxygen atoms in total. The molecule has 1 aliphatic carbocycles. The molecular formula is C9H17N. The topological polar surface area (TPSA) is 26.0 Å². The van der Waals surface area contributed by atoms with Gasteiger partial charge in [-0.25, -0.2) is 0 Å². The largest absolute Gasteiger partial charge is 0.324 e. The Hall–Kier alpha value is -0.300. The first-order chi connectivity index (χ1) is 4.75. The van der Waals surface area contributed by atoms with Crippen LogP contribution >= 0.6 is 0 Å². The molecule has 1 fully saturated rings. The lowest BCUT2D eigenvalue weighted by atomic mass is 9.74. The summed E-state index contributed by atoms with van der Waals surface area (Å²) < 4.78 is 0. The highest BCUT2D eigenvalue weighted by Gasteiger charge is 2.26. The van der Waals surface area contributed by atoms with Crippen LogP contribution in [-0.4, -0.2) is 6.04 Å². The van der Waals surface area contributed by atoms with Crippen LogP contribution < -0.4 is 5.73 Å². The van der Waals surface area contributed by atoms with E-state index < -0.39 is 0 Å². The van der Waals surface area contributed by atoms with Crippen molar-refractivity contribution in [3.05, 3.63) is 12.7 Å². The third-order valence-corrected chi connectivity index (χ3v) is 2.77. The monoisotopic (exact) mass is 139 g/mol. The fraction of sp³-hybridized carbons (Fsp3) is 0.778. The maximum atomic E-state index is 5.81. The molecule has 0 aromatic carbocycles. The lowest BCUT2D eigenvalue weighted by Crippen LogP contribution is -2.34. The summed E-state index contributed by atoms with van der Waals surface area (Å²) in [4.78, 5) is 0. The summed E-state index contributed by atoms with van der Waals surface area (Å²) >= 11 is 0. The predicted octanol–water partition coefficient (Wildman–Crippen LogP) is 1.94. The first-order valence-electron chi connectivity index (χ1n) is 4.14. The third kappa shape index (κ3) is 1.40. The van der Waals surface area contributed by atoms with Crippen molar-refractivity contribution in [2.24, 2.45) is 17.6 Å². The van der Waals surface area contributed by atoms with Crippen molar-refractivity contribution in [2.75, 3.05) is 0 Å². The van der Waals surface area contributed by atoms with Gasteiger partial charge in [-0.15, -0.1) is 6.58 Å². The molecule has 0 aromatic rings. The molecule has 2 atom stereocenters. The van der Waals surface area contributed by atoms with E-state index >= 15 is 0 Å². The van der Waals surface area contributed by atoms with Gasteiger partial charge in [0.05, 0.1) is 0 Å². The van der Waals surface area contributed by atoms with Crippen LogP contribution in [0.3, 0.4) is 0 Å². The fourth-order valence-electron chi connectivity index (χ4n) is 1.49. The Morgan fingerprint density at radius 1 is 1.60 bits per heavy atom. The molecule has 0 aliphatic heterocycles. The summed E-state index contributed by atoms with van der Waals surface area (Å²) in [5.41, 5.74) is 5.81. The average Bonchev–Trinajstić information content (AvgIpc) is 1.82. The molecule has 0 aromatic heterocycles. The van der Waals surface area contributed by atoms with E-state index in [0.717, 1.165) is 5.92 Å². The fourth-order valence-corrected chi connectivity index (χ4v) is 1.49. The molecule has 58 valence electrons. The van der Waals surface area contributed by atoms with Gasteiger partial charge < -0.3 is 5.73 Å². The van der Waals surface area contributed by atoms with Crippen molar-refractivity contribution in [3.8, 4) is 0 Å². The van der Waals surface area contributed by atoms with E-state index in [0.29, 0.717) is 5.92 Å². The molecule has 0 heterocycles. The van der Waals surface area contributed by atoms with Gasteiger partial charge in [-0.2, -0.15) is 0 Å². The summed E-state index contributed by atoms with van der Waals surface area (Å²) in [6.45, 7) is 5.93. The molecular weight excluding hydrogens is 122 g/mol. The predicted molar refractivity (Wildman–Crippen MR) is 44.7 cm³/mol. The minimum atomic E-state index is 0.213. The van der Waals surface area contributed by atoms with Crippen LogP contribution in [0.25, 0.3) is 0 Å². The number of hydrogen-bond donors (Lipinski definition) is 1. The second-order valence-corrected chi connectivity index (χ2v) is 3.36. The van der Waals surface area contributed by atoms with Crippen molar-refractivity contribution in [1.29, 1.82) is 0 Å². The van der Waals surface area contributed by atoms with Crippen LogP contribution in [0.4, 0.5) is 0 Å². The highest BCUT2D eigenvalue weighted by atomic mass is 14.6. The third-order valence-electron chi connectivity index (χ3n) is 2.77. The minimum absolute atomic E-state index is 0.213. The number of hydrogen-bond acceptors (Lipinski definition) is 1. The highest BCUT2D eigenvalue weighted by molar-refractivity contribution is 4.91. The van der Waals surface area contributed by atoms with Gasteiger partial charge in [0.25, 0.3) is 0 Å². The minimum Gasteiger partial charge on any atom is -0.324 e. The molecule has 0 spiro atoms. The summed E-state index contributed by atoms with van der Waals surface area (Å²) in [5.74, 6) is 1.53. The highest BCUT2D eigenvalue weighted by Crippen LogP contribution is 2.34. The zero-order chi connectivity index (χ0) is 7.56. The standard InChI is InChI=1S/C9H17N/c1-3-9(10)7(2)8-5-4-6-8/h3,7-9H,1,4-6,10H2,2H3. The van der Waals surface area contributed by atoms with Gasteiger partial charge >= 0.3 is 0 Å². The average molecular weight is 139 g/mol. The second kappa shape index (κ2) is 3.20. The second-order valence-electron chi connectivity index (χ2n) is 3.36. The van der Waals surface area contributed by atoms with Gasteiger partial charge in [-0.05, 0) is 11.8 Å². The first-order valence-corrected chi connectivity index (χ1v) is 4.14. The van der Waals surface area contributed by atoms with Crippen molar-refractivity contribution >= 4 is 0 Å². The number of rotatable bonds is 3. The quantitative estimate of drug-likeness (QED) is 0.594. The molecule has 0 bridgehead atoms. The van der Waals surface area contributed by atoms with Gasteiger partial charge in [0.1, 0.15) is 0 Å². The summed E-state index contributed by atoms with van der Waals surface area (Å²) in [5, 5.41) is 0. The molecule has 2 unspecified atom stereocenters. The molecule has 1 saturated carbocycles. The maximum absolute atomic E-state index is 5.81. The van der Waals surface area contributed by atoms with Gasteiger partial charge in [0.15, 0.2) is 0 Å². The van der Waals surface area contributed by atoms with E-state index in [-0.39, 0.29) is 6.04 Å². The molecule has 0 amide bonds. The van der Waals surface area contributed by atoms with Crippen LogP contribution in [-0.2, 0) is 0 Å². The van der Waals surface area contributed by atoms with Crippen LogP contribution in [0.5, 0.6) is 0 Å². The van der Waals surface area contributed by atoms with Crippen LogP contribution in [0, 0.1) is 11.8 Å². The molecule has 1 rings (SSSR count). The summed E-state index contributed by atoms with van der Waals surface area (Å²) in [7, 11) is 0. The Balaban J connectivity index is 2.31. The van der Waals surface area contributed by atoms with Gasteiger partial charge in [0.2, 0.25) is 0 Å². The van der Waals surface area contributed by atoms with Gasteiger partial charge in [0, 0.05) is 6.04 Å². The van der Waals surface area contributed by atoms with Crippen molar-refractivity contribution in [2.45, 2.75) is 32.2 Å². The normalized spacial score (nSPS) is 25.0. The number of nitrogens with two attached hydrogens (primary N) is 1. The maximum Gasteiger partial charge on any atom is 0.0249 e. The molecule has 10 heavy (non-hydrogen) atoms. The Morgan fingerprint density at radius 2 is 2.20 bits per heavy atom. The Kier molecular flexibility index (Phi) is 2.50. The van der Waals surface area contributed by atoms with E-state index in [1.54, 1.807) is 0 Å². The zero-order valence-corrected chi connectivity index (χ0v) is 6.72. The van der Waals surface area contributed by atoms with E-state index in [1.807, 2.05) is 6.08 Å². The Bertz CT molecular complexity index is 116. The summed E-state index contributed by atoms with van der Waals surface area (Å²) in [6, 6.07) is 0.213. The lowest BCUT2D eigenvalue weighted by Gasteiger charge is -2.33. The van der Waals surface area contributed by atoms with Crippen LogP contribution in [0.15, 0.2) is 12.7 Å². The zero-order valence-electron chi connectivity index (χ0n) is 6.72.